The summed E-state index contributed by atoms with van der Waals surface area (Å²) in [7, 11) is 1.59. The summed E-state index contributed by atoms with van der Waals surface area (Å²) < 4.78 is 11.1. The third kappa shape index (κ3) is 4.43. The minimum Gasteiger partial charge on any atom is -0.493 e. The number of aromatic nitrogens is 2. The van der Waals surface area contributed by atoms with E-state index in [9.17, 15) is 4.79 Å². The maximum absolute atomic E-state index is 12.9. The summed E-state index contributed by atoms with van der Waals surface area (Å²) in [5, 5.41) is 8.46. The standard InChI is InChI=1S/C24H25N3O3/c1-17-12-14-27(15-13-17)24(28)19-7-5-6-18(16-19)20-10-11-23(26-25-20)30-22-9-4-3-8-21(22)29-2/h3-11,16-17H,12-15H2,1-2H3. The van der Waals surface area contributed by atoms with Crippen molar-refractivity contribution >= 4 is 5.91 Å². The molecule has 0 N–H and O–H groups in total. The first kappa shape index (κ1) is 19.9. The summed E-state index contributed by atoms with van der Waals surface area (Å²) in [6.45, 7) is 3.88. The van der Waals surface area contributed by atoms with Gasteiger partial charge in [-0.05, 0) is 49.1 Å². The van der Waals surface area contributed by atoms with Gasteiger partial charge in [0, 0.05) is 30.3 Å². The fourth-order valence-corrected chi connectivity index (χ4v) is 3.55. The molecule has 0 saturated carbocycles. The van der Waals surface area contributed by atoms with Crippen molar-refractivity contribution in [1.82, 2.24) is 15.1 Å². The van der Waals surface area contributed by atoms with E-state index >= 15 is 0 Å². The van der Waals surface area contributed by atoms with Crippen LogP contribution in [0.5, 0.6) is 17.4 Å². The molecule has 1 aromatic heterocycles. The van der Waals surface area contributed by atoms with Gasteiger partial charge in [-0.25, -0.2) is 0 Å². The Hall–Kier alpha value is -3.41. The highest BCUT2D eigenvalue weighted by molar-refractivity contribution is 5.95. The number of amides is 1. The molecular formula is C24H25N3O3. The van der Waals surface area contributed by atoms with Crippen molar-refractivity contribution in [2.75, 3.05) is 20.2 Å². The minimum absolute atomic E-state index is 0.0767. The molecule has 6 nitrogen and oxygen atoms in total. The third-order valence-electron chi connectivity index (χ3n) is 5.40. The molecule has 1 aliphatic heterocycles. The van der Waals surface area contributed by atoms with E-state index in [4.69, 9.17) is 9.47 Å². The third-order valence-corrected chi connectivity index (χ3v) is 5.40. The molecule has 1 amide bonds. The van der Waals surface area contributed by atoms with Gasteiger partial charge in [-0.1, -0.05) is 31.2 Å². The summed E-state index contributed by atoms with van der Waals surface area (Å²) in [5.41, 5.74) is 2.21. The van der Waals surface area contributed by atoms with Gasteiger partial charge in [0.25, 0.3) is 5.91 Å². The van der Waals surface area contributed by atoms with Crippen LogP contribution < -0.4 is 9.47 Å². The number of ether oxygens (including phenoxy) is 2. The van der Waals surface area contributed by atoms with E-state index in [-0.39, 0.29) is 5.91 Å². The highest BCUT2D eigenvalue weighted by atomic mass is 16.5. The van der Waals surface area contributed by atoms with Crippen LogP contribution in [0, 0.1) is 5.92 Å². The molecule has 0 unspecified atom stereocenters. The van der Waals surface area contributed by atoms with E-state index in [1.165, 1.54) is 0 Å². The van der Waals surface area contributed by atoms with Crippen LogP contribution in [0.2, 0.25) is 0 Å². The van der Waals surface area contributed by atoms with Gasteiger partial charge in [0.05, 0.1) is 12.8 Å². The number of para-hydroxylation sites is 2. The fourth-order valence-electron chi connectivity index (χ4n) is 3.55. The van der Waals surface area contributed by atoms with Gasteiger partial charge in [0.15, 0.2) is 11.5 Å². The molecule has 1 fully saturated rings. The Bertz CT molecular complexity index is 1010. The second-order valence-electron chi connectivity index (χ2n) is 7.57. The van der Waals surface area contributed by atoms with E-state index in [1.54, 1.807) is 13.2 Å². The molecule has 0 spiro atoms. The number of hydrogen-bond acceptors (Lipinski definition) is 5. The van der Waals surface area contributed by atoms with Crippen molar-refractivity contribution in [3.05, 3.63) is 66.2 Å². The molecular weight excluding hydrogens is 378 g/mol. The van der Waals surface area contributed by atoms with Crippen LogP contribution in [-0.2, 0) is 0 Å². The Balaban J connectivity index is 1.49. The van der Waals surface area contributed by atoms with Crippen LogP contribution >= 0.6 is 0 Å². The number of benzene rings is 2. The van der Waals surface area contributed by atoms with Crippen LogP contribution in [-0.4, -0.2) is 41.2 Å². The molecule has 30 heavy (non-hydrogen) atoms. The SMILES string of the molecule is COc1ccccc1Oc1ccc(-c2cccc(C(=O)N3CCC(C)CC3)c2)nn1. The van der Waals surface area contributed by atoms with Gasteiger partial charge in [-0.2, -0.15) is 0 Å². The Morgan fingerprint density at radius 2 is 1.73 bits per heavy atom. The zero-order chi connectivity index (χ0) is 20.9. The maximum Gasteiger partial charge on any atom is 0.253 e. The van der Waals surface area contributed by atoms with Crippen LogP contribution in [0.3, 0.4) is 0 Å². The molecule has 0 bridgehead atoms. The van der Waals surface area contributed by atoms with Crippen LogP contribution in [0.1, 0.15) is 30.1 Å². The molecule has 0 aliphatic carbocycles. The summed E-state index contributed by atoms with van der Waals surface area (Å²) in [6.07, 6.45) is 2.12. The molecule has 154 valence electrons. The van der Waals surface area contributed by atoms with Gasteiger partial charge in [0.1, 0.15) is 0 Å². The number of likely N-dealkylation sites (tertiary alicyclic amines) is 1. The van der Waals surface area contributed by atoms with Crippen molar-refractivity contribution in [3.63, 3.8) is 0 Å². The summed E-state index contributed by atoms with van der Waals surface area (Å²) >= 11 is 0. The predicted octanol–water partition coefficient (Wildman–Crippen LogP) is 4.82. The quantitative estimate of drug-likeness (QED) is 0.611. The van der Waals surface area contributed by atoms with Crippen LogP contribution in [0.4, 0.5) is 0 Å². The largest absolute Gasteiger partial charge is 0.493 e. The Kier molecular flexibility index (Phi) is 5.93. The minimum atomic E-state index is 0.0767. The van der Waals surface area contributed by atoms with Crippen LogP contribution in [0.15, 0.2) is 60.7 Å². The number of nitrogens with zero attached hydrogens (tertiary/aromatic N) is 3. The van der Waals surface area contributed by atoms with E-state index in [0.29, 0.717) is 34.6 Å². The lowest BCUT2D eigenvalue weighted by molar-refractivity contribution is 0.0697. The van der Waals surface area contributed by atoms with Gasteiger partial charge in [-0.3, -0.25) is 4.79 Å². The number of hydrogen-bond donors (Lipinski definition) is 0. The van der Waals surface area contributed by atoms with Crippen molar-refractivity contribution in [1.29, 1.82) is 0 Å². The van der Waals surface area contributed by atoms with E-state index in [0.717, 1.165) is 31.5 Å². The first-order chi connectivity index (χ1) is 14.6. The zero-order valence-corrected chi connectivity index (χ0v) is 17.2. The van der Waals surface area contributed by atoms with E-state index < -0.39 is 0 Å². The van der Waals surface area contributed by atoms with E-state index in [1.807, 2.05) is 59.5 Å². The van der Waals surface area contributed by atoms with Crippen molar-refractivity contribution in [2.45, 2.75) is 19.8 Å². The highest BCUT2D eigenvalue weighted by Crippen LogP contribution is 2.30. The number of rotatable bonds is 5. The topological polar surface area (TPSA) is 64.6 Å². The smallest absolute Gasteiger partial charge is 0.253 e. The van der Waals surface area contributed by atoms with E-state index in [2.05, 4.69) is 17.1 Å². The van der Waals surface area contributed by atoms with Gasteiger partial charge in [0.2, 0.25) is 5.88 Å². The lowest BCUT2D eigenvalue weighted by Crippen LogP contribution is -2.37. The lowest BCUT2D eigenvalue weighted by Gasteiger charge is -2.30. The molecule has 0 radical (unpaired) electrons. The van der Waals surface area contributed by atoms with Gasteiger partial charge >= 0.3 is 0 Å². The Labute approximate surface area is 176 Å². The average molecular weight is 403 g/mol. The van der Waals surface area contributed by atoms with Crippen molar-refractivity contribution < 1.29 is 14.3 Å². The first-order valence-electron chi connectivity index (χ1n) is 10.2. The number of piperidine rings is 1. The number of methoxy groups -OCH3 is 1. The first-order valence-corrected chi connectivity index (χ1v) is 10.2. The summed E-state index contributed by atoms with van der Waals surface area (Å²) in [4.78, 5) is 14.8. The summed E-state index contributed by atoms with van der Waals surface area (Å²) in [6, 6.07) is 18.5. The molecule has 1 aliphatic rings. The molecule has 3 aromatic rings. The van der Waals surface area contributed by atoms with Crippen molar-refractivity contribution in [2.24, 2.45) is 5.92 Å². The zero-order valence-electron chi connectivity index (χ0n) is 17.2. The molecule has 0 atom stereocenters. The number of carbonyl (C=O) groups excluding carboxylic acids is 1. The van der Waals surface area contributed by atoms with Crippen molar-refractivity contribution in [3.8, 4) is 28.6 Å². The Morgan fingerprint density at radius 3 is 2.43 bits per heavy atom. The molecule has 6 heteroatoms. The second-order valence-corrected chi connectivity index (χ2v) is 7.57. The number of carbonyl (C=O) groups is 1. The Morgan fingerprint density at radius 1 is 0.967 bits per heavy atom. The second kappa shape index (κ2) is 8.95. The molecule has 4 rings (SSSR count). The molecule has 2 heterocycles. The highest BCUT2D eigenvalue weighted by Gasteiger charge is 2.21. The lowest BCUT2D eigenvalue weighted by atomic mass is 9.98. The fraction of sp³-hybridized carbons (Fsp3) is 0.292. The van der Waals surface area contributed by atoms with Gasteiger partial charge < -0.3 is 14.4 Å². The predicted molar refractivity (Wildman–Crippen MR) is 115 cm³/mol. The van der Waals surface area contributed by atoms with Gasteiger partial charge in [-0.15, -0.1) is 10.2 Å². The molecule has 1 saturated heterocycles. The average Bonchev–Trinajstić information content (AvgIpc) is 2.80. The maximum atomic E-state index is 12.9. The monoisotopic (exact) mass is 403 g/mol. The normalized spacial score (nSPS) is 14.4. The van der Waals surface area contributed by atoms with Crippen LogP contribution in [0.25, 0.3) is 11.3 Å². The summed E-state index contributed by atoms with van der Waals surface area (Å²) in [5.74, 6) is 2.34. The molecule has 2 aromatic carbocycles.